The van der Waals surface area contributed by atoms with Gasteiger partial charge in [-0.05, 0) is 17.7 Å². The van der Waals surface area contributed by atoms with Crippen LogP contribution in [-0.4, -0.2) is 64.1 Å². The fraction of sp³-hybridized carbons (Fsp3) is 0.500. The zero-order chi connectivity index (χ0) is 16.8. The Morgan fingerprint density at radius 2 is 1.95 bits per heavy atom. The van der Waals surface area contributed by atoms with Crippen molar-refractivity contribution in [1.82, 2.24) is 10.2 Å². The first-order chi connectivity index (χ1) is 10.2. The fourth-order valence-corrected chi connectivity index (χ4v) is 2.44. The Balaban J connectivity index is 2.50. The first kappa shape index (κ1) is 18.4. The van der Waals surface area contributed by atoms with E-state index in [0.717, 1.165) is 11.8 Å². The summed E-state index contributed by atoms with van der Waals surface area (Å²) in [6.45, 7) is 0.588. The van der Waals surface area contributed by atoms with Crippen LogP contribution in [-0.2, 0) is 21.1 Å². The van der Waals surface area contributed by atoms with Crippen molar-refractivity contribution in [2.24, 2.45) is 0 Å². The van der Waals surface area contributed by atoms with Crippen LogP contribution in [0.5, 0.6) is 0 Å². The van der Waals surface area contributed by atoms with E-state index in [-0.39, 0.29) is 30.6 Å². The van der Waals surface area contributed by atoms with Crippen LogP contribution < -0.4 is 5.32 Å². The van der Waals surface area contributed by atoms with Crippen LogP contribution in [0.25, 0.3) is 0 Å². The molecule has 8 heteroatoms. The second-order valence-electron chi connectivity index (χ2n) is 5.06. The molecule has 0 saturated heterocycles. The second kappa shape index (κ2) is 8.11. The van der Waals surface area contributed by atoms with Gasteiger partial charge in [0.25, 0.3) is 0 Å². The van der Waals surface area contributed by atoms with Crippen molar-refractivity contribution in [3.63, 3.8) is 0 Å². The van der Waals surface area contributed by atoms with Gasteiger partial charge in [-0.15, -0.1) is 0 Å². The summed E-state index contributed by atoms with van der Waals surface area (Å²) in [6.07, 6.45) is 0.402. The maximum Gasteiger partial charge on any atom is 0.317 e. The van der Waals surface area contributed by atoms with E-state index in [1.807, 2.05) is 0 Å². The van der Waals surface area contributed by atoms with Crippen LogP contribution in [0.1, 0.15) is 5.56 Å². The van der Waals surface area contributed by atoms with Crippen molar-refractivity contribution in [2.75, 3.05) is 33.6 Å². The summed E-state index contributed by atoms with van der Waals surface area (Å²) in [5.41, 5.74) is 0.784. The van der Waals surface area contributed by atoms with Gasteiger partial charge in [-0.1, -0.05) is 12.1 Å². The Bertz CT molecular complexity index is 586. The molecule has 0 saturated carbocycles. The number of methoxy groups -OCH3 is 1. The molecule has 1 atom stereocenters. The quantitative estimate of drug-likeness (QED) is 0.746. The van der Waals surface area contributed by atoms with Gasteiger partial charge in [-0.3, -0.25) is 0 Å². The second-order valence-corrected chi connectivity index (χ2v) is 7.08. The number of ether oxygens (including phenoxy) is 1. The molecule has 0 fully saturated rings. The monoisotopic (exact) mass is 330 g/mol. The van der Waals surface area contributed by atoms with E-state index in [2.05, 4.69) is 5.32 Å². The van der Waals surface area contributed by atoms with Gasteiger partial charge < -0.3 is 20.1 Å². The van der Waals surface area contributed by atoms with Gasteiger partial charge in [0.15, 0.2) is 9.84 Å². The lowest BCUT2D eigenvalue weighted by atomic mass is 10.2. The minimum atomic E-state index is -3.22. The van der Waals surface area contributed by atoms with E-state index in [4.69, 9.17) is 4.74 Å². The molecule has 0 aromatic heterocycles. The number of aliphatic hydroxyl groups excluding tert-OH is 1. The molecule has 124 valence electrons. The molecular weight excluding hydrogens is 308 g/mol. The number of carbonyl (C=O) groups excluding carboxylic acids is 1. The third kappa shape index (κ3) is 6.00. The molecule has 0 heterocycles. The molecule has 0 aliphatic rings. The average Bonchev–Trinajstić information content (AvgIpc) is 2.44. The number of nitrogens with one attached hydrogen (secondary N) is 1. The lowest BCUT2D eigenvalue weighted by Gasteiger charge is -2.21. The number of hydrogen-bond acceptors (Lipinski definition) is 5. The molecule has 1 rings (SSSR count). The molecule has 22 heavy (non-hydrogen) atoms. The summed E-state index contributed by atoms with van der Waals surface area (Å²) in [5, 5.41) is 12.2. The summed E-state index contributed by atoms with van der Waals surface area (Å²) < 4.78 is 27.5. The molecule has 2 amide bonds. The third-order valence-electron chi connectivity index (χ3n) is 2.99. The van der Waals surface area contributed by atoms with Gasteiger partial charge in [0.05, 0.1) is 24.2 Å². The van der Waals surface area contributed by atoms with Crippen molar-refractivity contribution >= 4 is 15.9 Å². The number of nitrogens with zero attached hydrogens (tertiary/aromatic N) is 1. The van der Waals surface area contributed by atoms with E-state index in [1.165, 1.54) is 24.1 Å². The molecule has 0 radical (unpaired) electrons. The van der Waals surface area contributed by atoms with Gasteiger partial charge in [0.2, 0.25) is 0 Å². The number of amides is 2. The van der Waals surface area contributed by atoms with E-state index >= 15 is 0 Å². The number of likely N-dealkylation sites (N-methyl/N-ethyl adjacent to an activating group) is 1. The molecule has 0 bridgehead atoms. The highest BCUT2D eigenvalue weighted by atomic mass is 32.2. The highest BCUT2D eigenvalue weighted by molar-refractivity contribution is 7.90. The molecular formula is C14H22N2O5S. The SMILES string of the molecule is COC[C@@H](O)CN(C)C(=O)NCc1ccc(S(C)(=O)=O)cc1. The molecule has 1 aromatic rings. The number of aliphatic hydroxyl groups is 1. The standard InChI is InChI=1S/C14H22N2O5S/c1-16(9-12(17)10-21-2)14(18)15-8-11-4-6-13(7-5-11)22(3,19)20/h4-7,12,17H,8-10H2,1-3H3,(H,15,18)/t12-/m0/s1. The Hall–Kier alpha value is -1.64. The number of rotatable bonds is 7. The van der Waals surface area contributed by atoms with Gasteiger partial charge >= 0.3 is 6.03 Å². The van der Waals surface area contributed by atoms with Crippen molar-refractivity contribution < 1.29 is 23.1 Å². The molecule has 2 N–H and O–H groups in total. The van der Waals surface area contributed by atoms with Crippen LogP contribution >= 0.6 is 0 Å². The zero-order valence-electron chi connectivity index (χ0n) is 12.9. The number of sulfone groups is 1. The summed E-state index contributed by atoms with van der Waals surface area (Å²) in [7, 11) is -0.172. The third-order valence-corrected chi connectivity index (χ3v) is 4.11. The Morgan fingerprint density at radius 3 is 2.45 bits per heavy atom. The van der Waals surface area contributed by atoms with Crippen LogP contribution in [0.2, 0.25) is 0 Å². The summed E-state index contributed by atoms with van der Waals surface area (Å²) in [4.78, 5) is 13.4. The number of hydrogen-bond donors (Lipinski definition) is 2. The summed E-state index contributed by atoms with van der Waals surface area (Å²) in [5.74, 6) is 0. The maximum atomic E-state index is 11.8. The molecule has 0 spiro atoms. The van der Waals surface area contributed by atoms with Crippen molar-refractivity contribution in [1.29, 1.82) is 0 Å². The van der Waals surface area contributed by atoms with E-state index in [9.17, 15) is 18.3 Å². The number of urea groups is 1. The molecule has 0 aliphatic carbocycles. The maximum absolute atomic E-state index is 11.8. The molecule has 0 unspecified atom stereocenters. The van der Waals surface area contributed by atoms with Gasteiger partial charge in [-0.2, -0.15) is 0 Å². The minimum absolute atomic E-state index is 0.157. The minimum Gasteiger partial charge on any atom is -0.389 e. The normalized spacial score (nSPS) is 12.7. The van der Waals surface area contributed by atoms with Crippen LogP contribution in [0.4, 0.5) is 4.79 Å². The van der Waals surface area contributed by atoms with Gasteiger partial charge in [-0.25, -0.2) is 13.2 Å². The van der Waals surface area contributed by atoms with Gasteiger partial charge in [0, 0.05) is 27.0 Å². The summed E-state index contributed by atoms with van der Waals surface area (Å²) in [6, 6.07) is 5.97. The van der Waals surface area contributed by atoms with Crippen molar-refractivity contribution in [3.05, 3.63) is 29.8 Å². The molecule has 0 aliphatic heterocycles. The van der Waals surface area contributed by atoms with Crippen LogP contribution in [0.3, 0.4) is 0 Å². The first-order valence-corrected chi connectivity index (χ1v) is 8.58. The van der Waals surface area contributed by atoms with E-state index in [0.29, 0.717) is 0 Å². The molecule has 1 aromatic carbocycles. The number of benzene rings is 1. The van der Waals surface area contributed by atoms with E-state index in [1.54, 1.807) is 19.2 Å². The largest absolute Gasteiger partial charge is 0.389 e. The van der Waals surface area contributed by atoms with Crippen LogP contribution in [0, 0.1) is 0 Å². The highest BCUT2D eigenvalue weighted by Crippen LogP contribution is 2.10. The lowest BCUT2D eigenvalue weighted by molar-refractivity contribution is 0.0489. The van der Waals surface area contributed by atoms with Gasteiger partial charge in [0.1, 0.15) is 0 Å². The van der Waals surface area contributed by atoms with E-state index < -0.39 is 15.9 Å². The van der Waals surface area contributed by atoms with Crippen LogP contribution in [0.15, 0.2) is 29.2 Å². The summed E-state index contributed by atoms with van der Waals surface area (Å²) >= 11 is 0. The van der Waals surface area contributed by atoms with Crippen molar-refractivity contribution in [3.8, 4) is 0 Å². The van der Waals surface area contributed by atoms with Crippen molar-refractivity contribution in [2.45, 2.75) is 17.5 Å². The molecule has 7 nitrogen and oxygen atoms in total. The lowest BCUT2D eigenvalue weighted by Crippen LogP contribution is -2.42. The predicted molar refractivity (Wildman–Crippen MR) is 82.3 cm³/mol. The Labute approximate surface area is 130 Å². The zero-order valence-corrected chi connectivity index (χ0v) is 13.8. The predicted octanol–water partition coefficient (Wildman–Crippen LogP) is 0.239. The Kier molecular flexibility index (Phi) is 6.79. The highest BCUT2D eigenvalue weighted by Gasteiger charge is 2.13. The Morgan fingerprint density at radius 1 is 1.36 bits per heavy atom. The fourth-order valence-electron chi connectivity index (χ4n) is 1.81. The first-order valence-electron chi connectivity index (χ1n) is 6.69. The average molecular weight is 330 g/mol. The smallest absolute Gasteiger partial charge is 0.317 e. The number of carbonyl (C=O) groups is 1. The topological polar surface area (TPSA) is 95.9 Å².